The zero-order chi connectivity index (χ0) is 9.84. The van der Waals surface area contributed by atoms with Crippen LogP contribution in [0.2, 0.25) is 0 Å². The van der Waals surface area contributed by atoms with Crippen LogP contribution in [0.1, 0.15) is 6.92 Å². The van der Waals surface area contributed by atoms with Gasteiger partial charge in [-0.3, -0.25) is 9.59 Å². The molecule has 1 amide bonds. The molecule has 0 bridgehead atoms. The van der Waals surface area contributed by atoms with Crippen molar-refractivity contribution in [1.29, 1.82) is 0 Å². The van der Waals surface area contributed by atoms with Gasteiger partial charge in [0.2, 0.25) is 0 Å². The lowest BCUT2D eigenvalue weighted by Gasteiger charge is -2.02. The third-order valence-electron chi connectivity index (χ3n) is 1.41. The van der Waals surface area contributed by atoms with E-state index in [9.17, 15) is 9.59 Å². The number of hydrogen-bond donors (Lipinski definition) is 2. The SMILES string of the molecule is C=C(C)C(=O)Nc1cc(=O)cc[nH]1. The number of hydrogen-bond acceptors (Lipinski definition) is 2. The maximum atomic E-state index is 11.1. The number of pyridine rings is 1. The Morgan fingerprint density at radius 1 is 1.62 bits per heavy atom. The Kier molecular flexibility index (Phi) is 2.64. The Hall–Kier alpha value is -1.84. The molecule has 0 atom stereocenters. The molecule has 0 unspecified atom stereocenters. The van der Waals surface area contributed by atoms with Crippen LogP contribution < -0.4 is 10.7 Å². The molecule has 1 aromatic rings. The van der Waals surface area contributed by atoms with E-state index in [1.807, 2.05) is 0 Å². The van der Waals surface area contributed by atoms with Crippen molar-refractivity contribution in [2.75, 3.05) is 5.32 Å². The van der Waals surface area contributed by atoms with Gasteiger partial charge in [-0.25, -0.2) is 0 Å². The Bertz CT molecular complexity index is 393. The molecule has 0 saturated carbocycles. The number of amides is 1. The van der Waals surface area contributed by atoms with Gasteiger partial charge in [0.1, 0.15) is 5.82 Å². The second-order valence-corrected chi connectivity index (χ2v) is 2.67. The van der Waals surface area contributed by atoms with E-state index in [0.29, 0.717) is 11.4 Å². The van der Waals surface area contributed by atoms with Crippen LogP contribution in [0.4, 0.5) is 5.82 Å². The maximum Gasteiger partial charge on any atom is 0.251 e. The van der Waals surface area contributed by atoms with Gasteiger partial charge in [0, 0.05) is 23.9 Å². The molecular formula is C9H10N2O2. The summed E-state index contributed by atoms with van der Waals surface area (Å²) >= 11 is 0. The van der Waals surface area contributed by atoms with E-state index in [2.05, 4.69) is 16.9 Å². The van der Waals surface area contributed by atoms with Gasteiger partial charge in [0.25, 0.3) is 5.91 Å². The monoisotopic (exact) mass is 178 g/mol. The predicted octanol–water partition coefficient (Wildman–Crippen LogP) is 0.889. The smallest absolute Gasteiger partial charge is 0.251 e. The van der Waals surface area contributed by atoms with Crippen LogP contribution in [0.15, 0.2) is 35.3 Å². The number of rotatable bonds is 2. The van der Waals surface area contributed by atoms with E-state index < -0.39 is 0 Å². The summed E-state index contributed by atoms with van der Waals surface area (Å²) in [5.74, 6) is 0.0716. The first-order valence-corrected chi connectivity index (χ1v) is 3.75. The Labute approximate surface area is 75.3 Å². The molecule has 0 aliphatic rings. The van der Waals surface area contributed by atoms with Gasteiger partial charge in [-0.15, -0.1) is 0 Å². The van der Waals surface area contributed by atoms with Gasteiger partial charge >= 0.3 is 0 Å². The van der Waals surface area contributed by atoms with E-state index in [1.165, 1.54) is 18.3 Å². The van der Waals surface area contributed by atoms with Gasteiger partial charge < -0.3 is 10.3 Å². The summed E-state index contributed by atoms with van der Waals surface area (Å²) in [5, 5.41) is 2.49. The molecule has 0 spiro atoms. The fourth-order valence-electron chi connectivity index (χ4n) is 0.747. The third-order valence-corrected chi connectivity index (χ3v) is 1.41. The number of H-pyrrole nitrogens is 1. The Morgan fingerprint density at radius 2 is 2.31 bits per heavy atom. The van der Waals surface area contributed by atoms with E-state index >= 15 is 0 Å². The minimum atomic E-state index is -0.304. The lowest BCUT2D eigenvalue weighted by molar-refractivity contribution is -0.112. The van der Waals surface area contributed by atoms with E-state index in [1.54, 1.807) is 6.92 Å². The summed E-state index contributed by atoms with van der Waals surface area (Å²) in [6, 6.07) is 2.68. The quantitative estimate of drug-likeness (QED) is 0.660. The van der Waals surface area contributed by atoms with Gasteiger partial charge in [0.15, 0.2) is 5.43 Å². The highest BCUT2D eigenvalue weighted by Gasteiger charge is 2.01. The summed E-state index contributed by atoms with van der Waals surface area (Å²) in [6.45, 7) is 5.06. The van der Waals surface area contributed by atoms with E-state index in [-0.39, 0.29) is 11.3 Å². The molecule has 1 heterocycles. The Morgan fingerprint density at radius 3 is 2.85 bits per heavy atom. The molecule has 0 aromatic carbocycles. The molecule has 1 rings (SSSR count). The third kappa shape index (κ3) is 2.59. The van der Waals surface area contributed by atoms with Crippen LogP contribution >= 0.6 is 0 Å². The first kappa shape index (κ1) is 9.25. The van der Waals surface area contributed by atoms with Crippen molar-refractivity contribution in [1.82, 2.24) is 4.98 Å². The zero-order valence-corrected chi connectivity index (χ0v) is 7.26. The summed E-state index contributed by atoms with van der Waals surface area (Å²) in [5.41, 5.74) is 0.237. The van der Waals surface area contributed by atoms with Crippen molar-refractivity contribution in [3.63, 3.8) is 0 Å². The van der Waals surface area contributed by atoms with Crippen LogP contribution in [-0.2, 0) is 4.79 Å². The van der Waals surface area contributed by atoms with E-state index in [0.717, 1.165) is 0 Å². The van der Waals surface area contributed by atoms with Gasteiger partial charge in [-0.05, 0) is 6.92 Å². The topological polar surface area (TPSA) is 62.0 Å². The van der Waals surface area contributed by atoms with Gasteiger partial charge in [0.05, 0.1) is 0 Å². The molecule has 0 aliphatic heterocycles. The fourth-order valence-corrected chi connectivity index (χ4v) is 0.747. The number of carbonyl (C=O) groups excluding carboxylic acids is 1. The largest absolute Gasteiger partial charge is 0.348 e. The van der Waals surface area contributed by atoms with Crippen molar-refractivity contribution in [3.8, 4) is 0 Å². The minimum Gasteiger partial charge on any atom is -0.348 e. The van der Waals surface area contributed by atoms with Gasteiger partial charge in [-0.2, -0.15) is 0 Å². The van der Waals surface area contributed by atoms with Crippen molar-refractivity contribution >= 4 is 11.7 Å². The van der Waals surface area contributed by atoms with Crippen LogP contribution in [0.3, 0.4) is 0 Å². The molecular weight excluding hydrogens is 168 g/mol. The van der Waals surface area contributed by atoms with Crippen LogP contribution in [0.25, 0.3) is 0 Å². The fraction of sp³-hybridized carbons (Fsp3) is 0.111. The molecule has 0 saturated heterocycles. The summed E-state index contributed by atoms with van der Waals surface area (Å²) in [6.07, 6.45) is 1.47. The van der Waals surface area contributed by atoms with Crippen molar-refractivity contribution in [2.24, 2.45) is 0 Å². The number of aromatic nitrogens is 1. The molecule has 13 heavy (non-hydrogen) atoms. The molecule has 1 aromatic heterocycles. The number of aromatic amines is 1. The standard InChI is InChI=1S/C9H10N2O2/c1-6(2)9(13)11-8-5-7(12)3-4-10-8/h3-5H,1H2,2H3,(H2,10,11,12,13). The van der Waals surface area contributed by atoms with E-state index in [4.69, 9.17) is 0 Å². The average Bonchev–Trinajstić information content (AvgIpc) is 2.04. The second kappa shape index (κ2) is 3.71. The number of anilines is 1. The molecule has 4 nitrogen and oxygen atoms in total. The van der Waals surface area contributed by atoms with Gasteiger partial charge in [-0.1, -0.05) is 6.58 Å². The van der Waals surface area contributed by atoms with Crippen LogP contribution in [-0.4, -0.2) is 10.9 Å². The summed E-state index contributed by atoms with van der Waals surface area (Å²) < 4.78 is 0. The Balaban J connectivity index is 2.81. The van der Waals surface area contributed by atoms with Crippen LogP contribution in [0, 0.1) is 0 Å². The molecule has 0 fully saturated rings. The number of carbonyl (C=O) groups is 1. The molecule has 2 N–H and O–H groups in total. The first-order chi connectivity index (χ1) is 6.09. The molecule has 4 heteroatoms. The lowest BCUT2D eigenvalue weighted by atomic mass is 10.3. The van der Waals surface area contributed by atoms with Crippen LogP contribution in [0.5, 0.6) is 0 Å². The summed E-state index contributed by atoms with van der Waals surface area (Å²) in [4.78, 5) is 24.7. The van der Waals surface area contributed by atoms with Crippen molar-refractivity contribution in [2.45, 2.75) is 6.92 Å². The predicted molar refractivity (Wildman–Crippen MR) is 50.5 cm³/mol. The highest BCUT2D eigenvalue weighted by molar-refractivity contribution is 6.02. The first-order valence-electron chi connectivity index (χ1n) is 3.75. The highest BCUT2D eigenvalue weighted by Crippen LogP contribution is 1.98. The molecule has 0 aliphatic carbocycles. The minimum absolute atomic E-state index is 0.157. The van der Waals surface area contributed by atoms with Crippen molar-refractivity contribution in [3.05, 3.63) is 40.7 Å². The highest BCUT2D eigenvalue weighted by atomic mass is 16.1. The second-order valence-electron chi connectivity index (χ2n) is 2.67. The lowest BCUT2D eigenvalue weighted by Crippen LogP contribution is -2.14. The zero-order valence-electron chi connectivity index (χ0n) is 7.26. The number of nitrogens with one attached hydrogen (secondary N) is 2. The maximum absolute atomic E-state index is 11.1. The van der Waals surface area contributed by atoms with Crippen molar-refractivity contribution < 1.29 is 4.79 Å². The average molecular weight is 178 g/mol. The summed E-state index contributed by atoms with van der Waals surface area (Å²) in [7, 11) is 0. The normalized spacial score (nSPS) is 9.31. The molecule has 0 radical (unpaired) electrons. The molecule has 68 valence electrons.